The number of anilines is 1. The van der Waals surface area contributed by atoms with Crippen LogP contribution in [-0.2, 0) is 4.79 Å². The molecular formula is C25H31ClN2O2. The maximum Gasteiger partial charge on any atom is 0.224 e. The summed E-state index contributed by atoms with van der Waals surface area (Å²) in [5.41, 5.74) is 3.05. The van der Waals surface area contributed by atoms with Gasteiger partial charge in [0.15, 0.2) is 5.78 Å². The smallest absolute Gasteiger partial charge is 0.224 e. The van der Waals surface area contributed by atoms with Crippen molar-refractivity contribution in [2.75, 3.05) is 18.4 Å². The molecule has 1 amide bonds. The van der Waals surface area contributed by atoms with Crippen molar-refractivity contribution in [2.24, 2.45) is 5.92 Å². The molecule has 0 unspecified atom stereocenters. The molecule has 1 N–H and O–H groups in total. The number of hydrogen-bond donors (Lipinski definition) is 1. The highest BCUT2D eigenvalue weighted by atomic mass is 35.5. The van der Waals surface area contributed by atoms with Crippen LogP contribution >= 0.6 is 12.4 Å². The molecule has 2 aromatic rings. The van der Waals surface area contributed by atoms with Crippen LogP contribution in [0.3, 0.4) is 0 Å². The van der Waals surface area contributed by atoms with E-state index in [9.17, 15) is 9.59 Å². The van der Waals surface area contributed by atoms with Crippen molar-refractivity contribution >= 4 is 29.8 Å². The zero-order chi connectivity index (χ0) is 20.2. The molecule has 2 heterocycles. The van der Waals surface area contributed by atoms with Gasteiger partial charge in [0.2, 0.25) is 5.91 Å². The lowest BCUT2D eigenvalue weighted by Gasteiger charge is -2.44. The van der Waals surface area contributed by atoms with E-state index >= 15 is 0 Å². The quantitative estimate of drug-likeness (QED) is 0.665. The fourth-order valence-electron chi connectivity index (χ4n) is 4.96. The summed E-state index contributed by atoms with van der Waals surface area (Å²) < 4.78 is 0. The molecule has 4 nitrogen and oxygen atoms in total. The summed E-state index contributed by atoms with van der Waals surface area (Å²) in [7, 11) is 0. The fraction of sp³-hybridized carbons (Fsp3) is 0.440. The zero-order valence-corrected chi connectivity index (χ0v) is 18.4. The van der Waals surface area contributed by atoms with E-state index in [2.05, 4.69) is 10.2 Å². The third-order valence-corrected chi connectivity index (χ3v) is 6.47. The Bertz CT molecular complexity index is 882. The zero-order valence-electron chi connectivity index (χ0n) is 17.6. The van der Waals surface area contributed by atoms with Crippen LogP contribution in [0, 0.1) is 12.8 Å². The van der Waals surface area contributed by atoms with Crippen molar-refractivity contribution in [3.05, 3.63) is 65.2 Å². The van der Waals surface area contributed by atoms with Gasteiger partial charge in [-0.25, -0.2) is 0 Å². The van der Waals surface area contributed by atoms with Crippen molar-refractivity contribution in [3.63, 3.8) is 0 Å². The summed E-state index contributed by atoms with van der Waals surface area (Å²) >= 11 is 0. The van der Waals surface area contributed by atoms with Crippen LogP contribution in [0.25, 0.3) is 0 Å². The van der Waals surface area contributed by atoms with E-state index in [0.717, 1.165) is 17.7 Å². The number of rotatable bonds is 5. The first-order valence-electron chi connectivity index (χ1n) is 10.9. The second kappa shape index (κ2) is 10.2. The van der Waals surface area contributed by atoms with Crippen LogP contribution in [0.1, 0.15) is 60.0 Å². The second-order valence-electron chi connectivity index (χ2n) is 8.48. The molecule has 0 aliphatic carbocycles. The molecule has 30 heavy (non-hydrogen) atoms. The van der Waals surface area contributed by atoms with E-state index in [-0.39, 0.29) is 24.1 Å². The first-order chi connectivity index (χ1) is 14.1. The van der Waals surface area contributed by atoms with Gasteiger partial charge >= 0.3 is 0 Å². The number of ketones is 1. The Morgan fingerprint density at radius 2 is 1.73 bits per heavy atom. The Labute approximate surface area is 185 Å². The topological polar surface area (TPSA) is 49.4 Å². The van der Waals surface area contributed by atoms with Gasteiger partial charge in [-0.2, -0.15) is 0 Å². The van der Waals surface area contributed by atoms with Gasteiger partial charge in [-0.15, -0.1) is 12.4 Å². The van der Waals surface area contributed by atoms with E-state index < -0.39 is 0 Å². The highest BCUT2D eigenvalue weighted by Gasteiger charge is 2.34. The average Bonchev–Trinajstić information content (AvgIpc) is 2.75. The van der Waals surface area contributed by atoms with E-state index in [1.807, 2.05) is 49.4 Å². The number of fused-ring (bicyclic) bond motifs is 1. The number of amides is 1. The molecule has 0 saturated carbocycles. The van der Waals surface area contributed by atoms with Gasteiger partial charge in [0.25, 0.3) is 0 Å². The predicted octanol–water partition coefficient (Wildman–Crippen LogP) is 5.24. The minimum absolute atomic E-state index is 0. The van der Waals surface area contributed by atoms with Crippen LogP contribution in [0.4, 0.5) is 5.69 Å². The summed E-state index contributed by atoms with van der Waals surface area (Å²) in [5, 5.41) is 3.09. The maximum atomic E-state index is 12.8. The summed E-state index contributed by atoms with van der Waals surface area (Å²) in [6, 6.07) is 15.4. The van der Waals surface area contributed by atoms with E-state index in [0.29, 0.717) is 29.5 Å². The minimum atomic E-state index is 0. The number of carbonyl (C=O) groups excluding carboxylic acids is 2. The molecule has 2 aliphatic heterocycles. The second-order valence-corrected chi connectivity index (χ2v) is 8.48. The Morgan fingerprint density at radius 1 is 0.967 bits per heavy atom. The van der Waals surface area contributed by atoms with Gasteiger partial charge < -0.3 is 10.2 Å². The lowest BCUT2D eigenvalue weighted by molar-refractivity contribution is -0.118. The third kappa shape index (κ3) is 5.11. The van der Waals surface area contributed by atoms with Gasteiger partial charge in [-0.1, -0.05) is 36.8 Å². The Kier molecular flexibility index (Phi) is 7.68. The first kappa shape index (κ1) is 22.5. The Hall–Kier alpha value is -2.17. The Balaban J connectivity index is 0.00000256. The molecule has 2 aliphatic rings. The third-order valence-electron chi connectivity index (χ3n) is 6.47. The van der Waals surface area contributed by atoms with Crippen LogP contribution in [0.15, 0.2) is 48.5 Å². The number of nitrogens with zero attached hydrogens (tertiary/aromatic N) is 1. The van der Waals surface area contributed by atoms with Gasteiger partial charge in [0, 0.05) is 29.3 Å². The SMILES string of the molecule is Cc1cc(C(=O)c2ccccc2)ccc1NC(=O)C[C@@H]1CCCN2CCCC[C@H]12.Cl. The molecule has 5 heteroatoms. The van der Waals surface area contributed by atoms with Crippen molar-refractivity contribution in [1.82, 2.24) is 4.90 Å². The van der Waals surface area contributed by atoms with Gasteiger partial charge in [-0.3, -0.25) is 9.59 Å². The monoisotopic (exact) mass is 426 g/mol. The number of piperidine rings is 2. The van der Waals surface area contributed by atoms with Crippen molar-refractivity contribution in [1.29, 1.82) is 0 Å². The summed E-state index contributed by atoms with van der Waals surface area (Å²) in [4.78, 5) is 28.0. The summed E-state index contributed by atoms with van der Waals surface area (Å²) in [5.74, 6) is 0.558. The molecule has 2 saturated heterocycles. The molecule has 0 spiro atoms. The van der Waals surface area contributed by atoms with Crippen molar-refractivity contribution < 1.29 is 9.59 Å². The number of aryl methyl sites for hydroxylation is 1. The molecular weight excluding hydrogens is 396 g/mol. The molecule has 2 fully saturated rings. The van der Waals surface area contributed by atoms with Crippen molar-refractivity contribution in [3.8, 4) is 0 Å². The molecule has 2 aromatic carbocycles. The van der Waals surface area contributed by atoms with E-state index in [1.165, 1.54) is 38.8 Å². The van der Waals surface area contributed by atoms with Crippen molar-refractivity contribution in [2.45, 2.75) is 51.5 Å². The molecule has 0 radical (unpaired) electrons. The molecule has 0 aromatic heterocycles. The summed E-state index contributed by atoms with van der Waals surface area (Å²) in [6.07, 6.45) is 6.75. The average molecular weight is 427 g/mol. The number of nitrogens with one attached hydrogen (secondary N) is 1. The van der Waals surface area contributed by atoms with Gasteiger partial charge in [0.1, 0.15) is 0 Å². The lowest BCUT2D eigenvalue weighted by atomic mass is 9.81. The van der Waals surface area contributed by atoms with Gasteiger partial charge in [0.05, 0.1) is 0 Å². The van der Waals surface area contributed by atoms with Gasteiger partial charge in [-0.05, 0) is 75.4 Å². The number of benzene rings is 2. The highest BCUT2D eigenvalue weighted by Crippen LogP contribution is 2.33. The van der Waals surface area contributed by atoms with E-state index in [1.54, 1.807) is 6.07 Å². The summed E-state index contributed by atoms with van der Waals surface area (Å²) in [6.45, 7) is 4.33. The maximum absolute atomic E-state index is 12.8. The normalized spacial score (nSPS) is 21.2. The molecule has 4 rings (SSSR count). The van der Waals surface area contributed by atoms with Crippen LogP contribution in [-0.4, -0.2) is 35.7 Å². The Morgan fingerprint density at radius 3 is 2.50 bits per heavy atom. The number of carbonyl (C=O) groups is 2. The lowest BCUT2D eigenvalue weighted by Crippen LogP contribution is -2.48. The molecule has 0 bridgehead atoms. The van der Waals surface area contributed by atoms with Crippen LogP contribution in [0.5, 0.6) is 0 Å². The standard InChI is InChI=1S/C25H30N2O2.ClH/c1-18-16-21(25(29)19-8-3-2-4-9-19)12-13-22(18)26-24(28)17-20-10-7-15-27-14-6-5-11-23(20)27;/h2-4,8-9,12-13,16,20,23H,5-7,10-11,14-15,17H2,1H3,(H,26,28);1H/t20-,23+;/m0./s1. The first-order valence-corrected chi connectivity index (χ1v) is 10.9. The largest absolute Gasteiger partial charge is 0.326 e. The molecule has 2 atom stereocenters. The minimum Gasteiger partial charge on any atom is -0.326 e. The van der Waals surface area contributed by atoms with E-state index in [4.69, 9.17) is 0 Å². The number of halogens is 1. The number of hydrogen-bond acceptors (Lipinski definition) is 3. The predicted molar refractivity (Wildman–Crippen MR) is 123 cm³/mol. The van der Waals surface area contributed by atoms with Crippen LogP contribution < -0.4 is 5.32 Å². The molecule has 160 valence electrons. The fourth-order valence-corrected chi connectivity index (χ4v) is 4.96. The highest BCUT2D eigenvalue weighted by molar-refractivity contribution is 6.09. The van der Waals surface area contributed by atoms with Crippen LogP contribution in [0.2, 0.25) is 0 Å².